The molecule has 0 amide bonds. The van der Waals surface area contributed by atoms with Crippen molar-refractivity contribution in [2.24, 2.45) is 4.99 Å². The van der Waals surface area contributed by atoms with Gasteiger partial charge in [0.05, 0.1) is 35.5 Å². The van der Waals surface area contributed by atoms with E-state index in [9.17, 15) is 9.90 Å². The Morgan fingerprint density at radius 3 is 2.68 bits per heavy atom. The number of phenols is 1. The van der Waals surface area contributed by atoms with Gasteiger partial charge in [-0.25, -0.2) is 4.99 Å². The number of nitrogens with zero attached hydrogens (tertiary/aromatic N) is 2. The molecule has 38 heavy (non-hydrogen) atoms. The van der Waals surface area contributed by atoms with Crippen molar-refractivity contribution in [3.05, 3.63) is 112 Å². The topological polar surface area (TPSA) is 73.0 Å². The van der Waals surface area contributed by atoms with Crippen LogP contribution in [0.3, 0.4) is 0 Å². The minimum Gasteiger partial charge on any atom is -0.506 e. The maximum Gasteiger partial charge on any atom is 0.271 e. The third kappa shape index (κ3) is 4.08. The second-order valence-electron chi connectivity index (χ2n) is 9.05. The lowest BCUT2D eigenvalue weighted by atomic mass is 9.83. The van der Waals surface area contributed by atoms with Crippen molar-refractivity contribution in [2.75, 3.05) is 14.2 Å². The molecule has 0 saturated heterocycles. The van der Waals surface area contributed by atoms with Crippen LogP contribution in [0.4, 0.5) is 0 Å². The van der Waals surface area contributed by atoms with E-state index in [1.807, 2.05) is 30.3 Å². The van der Waals surface area contributed by atoms with Crippen molar-refractivity contribution in [1.29, 1.82) is 0 Å². The van der Waals surface area contributed by atoms with Crippen LogP contribution in [0.15, 0.2) is 74.4 Å². The number of aryl methyl sites for hydroxylation is 1. The van der Waals surface area contributed by atoms with E-state index in [1.165, 1.54) is 16.9 Å². The minimum absolute atomic E-state index is 0.0784. The number of ether oxygens (including phenoxy) is 2. The summed E-state index contributed by atoms with van der Waals surface area (Å²) in [7, 11) is 3.20. The molecule has 1 atom stereocenters. The third-order valence-corrected chi connectivity index (χ3v) is 8.67. The van der Waals surface area contributed by atoms with Gasteiger partial charge in [0.1, 0.15) is 5.75 Å². The molecule has 1 aliphatic heterocycles. The van der Waals surface area contributed by atoms with Crippen LogP contribution in [0, 0.1) is 0 Å². The summed E-state index contributed by atoms with van der Waals surface area (Å²) in [5, 5.41) is 10.7. The number of aromatic hydroxyl groups is 1. The largest absolute Gasteiger partial charge is 0.506 e. The maximum atomic E-state index is 14.0. The Morgan fingerprint density at radius 1 is 1.11 bits per heavy atom. The highest BCUT2D eigenvalue weighted by Gasteiger charge is 2.33. The number of allylic oxidation sites excluding steroid dienone is 1. The molecule has 6 rings (SSSR count). The first-order valence-electron chi connectivity index (χ1n) is 11.9. The van der Waals surface area contributed by atoms with Crippen molar-refractivity contribution in [1.82, 2.24) is 4.57 Å². The Bertz CT molecular complexity index is 1830. The van der Waals surface area contributed by atoms with Crippen LogP contribution in [0.2, 0.25) is 5.02 Å². The van der Waals surface area contributed by atoms with Crippen LogP contribution < -0.4 is 24.4 Å². The van der Waals surface area contributed by atoms with Crippen molar-refractivity contribution >= 4 is 50.6 Å². The highest BCUT2D eigenvalue weighted by atomic mass is 79.9. The fourth-order valence-corrected chi connectivity index (χ4v) is 7.01. The van der Waals surface area contributed by atoms with E-state index >= 15 is 0 Å². The molecule has 4 aromatic rings. The summed E-state index contributed by atoms with van der Waals surface area (Å²) in [6, 6.07) is 17.0. The first kappa shape index (κ1) is 25.0. The van der Waals surface area contributed by atoms with Crippen LogP contribution in [0.25, 0.3) is 11.8 Å². The Morgan fingerprint density at radius 2 is 1.89 bits per heavy atom. The average Bonchev–Trinajstić information content (AvgIpc) is 3.24. The number of phenolic OH excluding ortho intramolecular Hbond substituents is 1. The molecule has 6 nitrogen and oxygen atoms in total. The third-order valence-electron chi connectivity index (χ3n) is 6.94. The average molecular weight is 610 g/mol. The van der Waals surface area contributed by atoms with Gasteiger partial charge in [-0.2, -0.15) is 0 Å². The Kier molecular flexibility index (Phi) is 6.42. The van der Waals surface area contributed by atoms with Gasteiger partial charge in [-0.05, 0) is 59.9 Å². The van der Waals surface area contributed by atoms with E-state index in [2.05, 4.69) is 28.1 Å². The lowest BCUT2D eigenvalue weighted by Gasteiger charge is -2.31. The number of thiazole rings is 1. The number of hydrogen-bond donors (Lipinski definition) is 1. The van der Waals surface area contributed by atoms with Crippen molar-refractivity contribution in [2.45, 2.75) is 18.9 Å². The van der Waals surface area contributed by atoms with Crippen molar-refractivity contribution in [3.63, 3.8) is 0 Å². The Balaban J connectivity index is 1.63. The molecule has 0 saturated carbocycles. The predicted octanol–water partition coefficient (Wildman–Crippen LogP) is 5.46. The molecular formula is C29H22BrClN2O4S. The maximum absolute atomic E-state index is 14.0. The summed E-state index contributed by atoms with van der Waals surface area (Å²) in [6.45, 7) is 0. The zero-order valence-corrected chi connectivity index (χ0v) is 23.7. The molecule has 0 radical (unpaired) electrons. The number of aromatic nitrogens is 1. The number of fused-ring (bicyclic) bond motifs is 3. The zero-order valence-electron chi connectivity index (χ0n) is 20.5. The number of methoxy groups -OCH3 is 2. The van der Waals surface area contributed by atoms with Crippen molar-refractivity contribution < 1.29 is 14.6 Å². The second-order valence-corrected chi connectivity index (χ2v) is 11.4. The van der Waals surface area contributed by atoms with E-state index in [0.717, 1.165) is 35.2 Å². The predicted molar refractivity (Wildman–Crippen MR) is 153 cm³/mol. The summed E-state index contributed by atoms with van der Waals surface area (Å²) in [6.07, 6.45) is 3.31. The van der Waals surface area contributed by atoms with E-state index in [4.69, 9.17) is 26.1 Å². The monoisotopic (exact) mass is 608 g/mol. The van der Waals surface area contributed by atoms with E-state index < -0.39 is 0 Å². The summed E-state index contributed by atoms with van der Waals surface area (Å²) < 4.78 is 14.0. The normalized spacial score (nSPS) is 16.4. The molecule has 2 heterocycles. The Labute approximate surface area is 235 Å². The molecule has 9 heteroatoms. The van der Waals surface area contributed by atoms with Gasteiger partial charge >= 0.3 is 0 Å². The molecule has 0 fully saturated rings. The van der Waals surface area contributed by atoms with Gasteiger partial charge in [0, 0.05) is 15.6 Å². The van der Waals surface area contributed by atoms with Crippen LogP contribution in [-0.4, -0.2) is 23.9 Å². The van der Waals surface area contributed by atoms with Gasteiger partial charge in [0.15, 0.2) is 16.3 Å². The molecule has 192 valence electrons. The standard InChI is InChI=1S/C29H22BrClN2O4S/c1-36-22-10-8-16(12-23(22)37-2)26-20-9-7-15-5-3-4-6-19(15)25(20)32-29-33(26)28(35)24(38-29)13-17-11-18(30)14-21(31)27(17)34/h3-6,8,10-14,26,34H,7,9H2,1-2H3/b24-13+/t26-/m1/s1. The summed E-state index contributed by atoms with van der Waals surface area (Å²) >= 11 is 10.9. The van der Waals surface area contributed by atoms with Crippen LogP contribution in [-0.2, 0) is 6.42 Å². The van der Waals surface area contributed by atoms with E-state index in [0.29, 0.717) is 30.9 Å². The fourth-order valence-electron chi connectivity index (χ4n) is 5.18. The van der Waals surface area contributed by atoms with Gasteiger partial charge in [0.25, 0.3) is 5.56 Å². The van der Waals surface area contributed by atoms with Crippen molar-refractivity contribution in [3.8, 4) is 17.2 Å². The highest BCUT2D eigenvalue weighted by Crippen LogP contribution is 2.43. The van der Waals surface area contributed by atoms with Gasteiger partial charge in [0.2, 0.25) is 0 Å². The molecule has 0 unspecified atom stereocenters. The molecular weight excluding hydrogens is 588 g/mol. The number of halogens is 2. The molecule has 1 aromatic heterocycles. The molecule has 2 aliphatic rings. The van der Waals surface area contributed by atoms with Gasteiger partial charge in [-0.1, -0.05) is 69.2 Å². The quantitative estimate of drug-likeness (QED) is 0.334. The zero-order chi connectivity index (χ0) is 26.6. The number of benzene rings is 3. The Hall–Kier alpha value is -3.33. The molecule has 3 aromatic carbocycles. The SMILES string of the molecule is COc1ccc([C@@H]2C3=C(N=c4s/c(=C/c5cc(Br)cc(Cl)c5O)c(=O)n42)c2ccccc2CC3)cc1OC. The summed E-state index contributed by atoms with van der Waals surface area (Å²) in [5.74, 6) is 1.13. The molecule has 1 N–H and O–H groups in total. The fraction of sp³-hybridized carbons (Fsp3) is 0.172. The van der Waals surface area contributed by atoms with E-state index in [1.54, 1.807) is 37.0 Å². The van der Waals surface area contributed by atoms with Crippen LogP contribution in [0.1, 0.15) is 34.7 Å². The molecule has 1 aliphatic carbocycles. The first-order chi connectivity index (χ1) is 18.4. The molecule has 0 spiro atoms. The van der Waals surface area contributed by atoms with Crippen LogP contribution >= 0.6 is 38.9 Å². The number of hydrogen-bond acceptors (Lipinski definition) is 6. The lowest BCUT2D eigenvalue weighted by molar-refractivity contribution is 0.354. The lowest BCUT2D eigenvalue weighted by Crippen LogP contribution is -2.38. The second kappa shape index (κ2) is 9.76. The smallest absolute Gasteiger partial charge is 0.271 e. The minimum atomic E-state index is -0.365. The van der Waals surface area contributed by atoms with Gasteiger partial charge < -0.3 is 14.6 Å². The van der Waals surface area contributed by atoms with Crippen LogP contribution in [0.5, 0.6) is 17.2 Å². The molecule has 0 bridgehead atoms. The number of rotatable bonds is 4. The van der Waals surface area contributed by atoms with Gasteiger partial charge in [-0.15, -0.1) is 0 Å². The summed E-state index contributed by atoms with van der Waals surface area (Å²) in [5.41, 5.74) is 5.50. The van der Waals surface area contributed by atoms with E-state index in [-0.39, 0.29) is 22.4 Å². The summed E-state index contributed by atoms with van der Waals surface area (Å²) in [4.78, 5) is 19.6. The first-order valence-corrected chi connectivity index (χ1v) is 13.9. The van der Waals surface area contributed by atoms with Gasteiger partial charge in [-0.3, -0.25) is 9.36 Å². The highest BCUT2D eigenvalue weighted by molar-refractivity contribution is 9.10.